The molecule has 0 saturated heterocycles. The fraction of sp³-hybridized carbons (Fsp3) is 0.308. The summed E-state index contributed by atoms with van der Waals surface area (Å²) in [6.07, 6.45) is 4.06. The van der Waals surface area contributed by atoms with Gasteiger partial charge in [0.2, 0.25) is 0 Å². The molecule has 0 fully saturated rings. The molecule has 0 saturated carbocycles. The van der Waals surface area contributed by atoms with E-state index in [2.05, 4.69) is 23.1 Å². The van der Waals surface area contributed by atoms with Gasteiger partial charge < -0.3 is 4.90 Å². The van der Waals surface area contributed by atoms with Crippen molar-refractivity contribution in [2.45, 2.75) is 6.92 Å². The van der Waals surface area contributed by atoms with Crippen LogP contribution in [0.5, 0.6) is 0 Å². The minimum Gasteiger partial charge on any atom is -0.378 e. The van der Waals surface area contributed by atoms with E-state index in [4.69, 9.17) is 0 Å². The van der Waals surface area contributed by atoms with E-state index in [9.17, 15) is 4.79 Å². The first kappa shape index (κ1) is 12.8. The molecule has 0 unspecified atom stereocenters. The van der Waals surface area contributed by atoms with E-state index in [1.165, 1.54) is 17.4 Å². The molecule has 86 valence electrons. The molecule has 0 spiro atoms. The summed E-state index contributed by atoms with van der Waals surface area (Å²) in [6.45, 7) is 1.59. The minimum atomic E-state index is 0.159. The standard InChI is InChI=1S/C13H17NOS/c1-11(15)16-9-5-7-12-6-4-8-13(10-12)14(2)3/h4-8,10H,9H2,1-3H3. The van der Waals surface area contributed by atoms with Crippen molar-refractivity contribution < 1.29 is 4.79 Å². The maximum absolute atomic E-state index is 10.7. The van der Waals surface area contributed by atoms with Crippen LogP contribution in [0.1, 0.15) is 12.5 Å². The Labute approximate surface area is 101 Å². The zero-order valence-electron chi connectivity index (χ0n) is 9.93. The lowest BCUT2D eigenvalue weighted by atomic mass is 10.2. The van der Waals surface area contributed by atoms with Gasteiger partial charge in [0.05, 0.1) is 0 Å². The molecule has 0 aromatic heterocycles. The van der Waals surface area contributed by atoms with E-state index < -0.39 is 0 Å². The van der Waals surface area contributed by atoms with Crippen LogP contribution in [0.2, 0.25) is 0 Å². The molecule has 1 rings (SSSR count). The van der Waals surface area contributed by atoms with Crippen LogP contribution in [0.3, 0.4) is 0 Å². The van der Waals surface area contributed by atoms with Crippen LogP contribution in [0, 0.1) is 0 Å². The Morgan fingerprint density at radius 2 is 2.19 bits per heavy atom. The second-order valence-electron chi connectivity index (χ2n) is 3.69. The highest BCUT2D eigenvalue weighted by Crippen LogP contribution is 2.14. The topological polar surface area (TPSA) is 20.3 Å². The molecule has 0 bridgehead atoms. The van der Waals surface area contributed by atoms with Crippen LogP contribution < -0.4 is 4.90 Å². The van der Waals surface area contributed by atoms with Gasteiger partial charge in [-0.05, 0) is 17.7 Å². The molecule has 0 heterocycles. The van der Waals surface area contributed by atoms with Crippen molar-refractivity contribution in [3.05, 3.63) is 35.9 Å². The molecule has 1 aromatic carbocycles. The van der Waals surface area contributed by atoms with Gasteiger partial charge in [0.15, 0.2) is 5.12 Å². The second-order valence-corrected chi connectivity index (χ2v) is 4.89. The van der Waals surface area contributed by atoms with Gasteiger partial charge >= 0.3 is 0 Å². The molecule has 0 amide bonds. The Bertz CT molecular complexity index is 385. The molecular weight excluding hydrogens is 218 g/mol. The summed E-state index contributed by atoms with van der Waals surface area (Å²) < 4.78 is 0. The molecule has 3 heteroatoms. The summed E-state index contributed by atoms with van der Waals surface area (Å²) in [5.74, 6) is 0.738. The third kappa shape index (κ3) is 4.53. The fourth-order valence-electron chi connectivity index (χ4n) is 1.26. The molecule has 0 aliphatic rings. The molecule has 0 radical (unpaired) electrons. The van der Waals surface area contributed by atoms with E-state index in [-0.39, 0.29) is 5.12 Å². The Kier molecular flexibility index (Phi) is 5.12. The number of carbonyl (C=O) groups excluding carboxylic acids is 1. The number of hydrogen-bond acceptors (Lipinski definition) is 3. The summed E-state index contributed by atoms with van der Waals surface area (Å²) in [5, 5.41) is 0.159. The number of carbonyl (C=O) groups is 1. The average Bonchev–Trinajstić information content (AvgIpc) is 2.24. The van der Waals surface area contributed by atoms with Crippen LogP contribution in [-0.2, 0) is 4.79 Å². The number of anilines is 1. The van der Waals surface area contributed by atoms with Gasteiger partial charge in [-0.25, -0.2) is 0 Å². The fourth-order valence-corrected chi connectivity index (χ4v) is 1.68. The van der Waals surface area contributed by atoms with Crippen molar-refractivity contribution in [1.82, 2.24) is 0 Å². The van der Waals surface area contributed by atoms with Gasteiger partial charge in [0, 0.05) is 32.5 Å². The Hall–Kier alpha value is -1.22. The van der Waals surface area contributed by atoms with Crippen LogP contribution in [0.15, 0.2) is 30.3 Å². The summed E-state index contributed by atoms with van der Waals surface area (Å²) in [7, 11) is 4.04. The number of nitrogens with zero attached hydrogens (tertiary/aromatic N) is 1. The predicted octanol–water partition coefficient (Wildman–Crippen LogP) is 3.05. The first-order valence-electron chi connectivity index (χ1n) is 5.17. The predicted molar refractivity (Wildman–Crippen MR) is 72.9 cm³/mol. The molecular formula is C13H17NOS. The van der Waals surface area contributed by atoms with Gasteiger partial charge in [-0.3, -0.25) is 4.79 Å². The van der Waals surface area contributed by atoms with Gasteiger partial charge in [-0.2, -0.15) is 0 Å². The summed E-state index contributed by atoms with van der Waals surface area (Å²) in [5.41, 5.74) is 2.34. The number of hydrogen-bond donors (Lipinski definition) is 0. The Balaban J connectivity index is 2.59. The average molecular weight is 235 g/mol. The van der Waals surface area contributed by atoms with E-state index >= 15 is 0 Å². The van der Waals surface area contributed by atoms with Crippen LogP contribution in [0.25, 0.3) is 6.08 Å². The van der Waals surface area contributed by atoms with Gasteiger partial charge in [0.1, 0.15) is 0 Å². The highest BCUT2D eigenvalue weighted by molar-refractivity contribution is 8.13. The highest BCUT2D eigenvalue weighted by Gasteiger charge is 1.95. The third-order valence-electron chi connectivity index (χ3n) is 2.08. The monoisotopic (exact) mass is 235 g/mol. The zero-order chi connectivity index (χ0) is 12.0. The third-order valence-corrected chi connectivity index (χ3v) is 2.85. The Morgan fingerprint density at radius 1 is 1.44 bits per heavy atom. The second kappa shape index (κ2) is 6.38. The smallest absolute Gasteiger partial charge is 0.186 e. The van der Waals surface area contributed by atoms with E-state index in [0.29, 0.717) is 0 Å². The van der Waals surface area contributed by atoms with E-state index in [0.717, 1.165) is 11.3 Å². The van der Waals surface area contributed by atoms with Crippen molar-refractivity contribution in [1.29, 1.82) is 0 Å². The molecule has 2 nitrogen and oxygen atoms in total. The van der Waals surface area contributed by atoms with Crippen molar-refractivity contribution >= 4 is 28.6 Å². The van der Waals surface area contributed by atoms with Gasteiger partial charge in [-0.1, -0.05) is 36.0 Å². The number of thioether (sulfide) groups is 1. The van der Waals surface area contributed by atoms with Gasteiger partial charge in [0.25, 0.3) is 0 Å². The summed E-state index contributed by atoms with van der Waals surface area (Å²) in [4.78, 5) is 12.8. The quantitative estimate of drug-likeness (QED) is 0.800. The van der Waals surface area contributed by atoms with E-state index in [1.807, 2.05) is 32.3 Å². The van der Waals surface area contributed by atoms with Crippen molar-refractivity contribution in [2.24, 2.45) is 0 Å². The van der Waals surface area contributed by atoms with Crippen molar-refractivity contribution in [2.75, 3.05) is 24.7 Å². The molecule has 0 aliphatic heterocycles. The normalized spacial score (nSPS) is 10.7. The highest BCUT2D eigenvalue weighted by atomic mass is 32.2. The molecule has 1 aromatic rings. The maximum atomic E-state index is 10.7. The zero-order valence-corrected chi connectivity index (χ0v) is 10.8. The largest absolute Gasteiger partial charge is 0.378 e. The number of benzene rings is 1. The first-order chi connectivity index (χ1) is 7.59. The SMILES string of the molecule is CC(=O)SCC=Cc1cccc(N(C)C)c1. The molecule has 0 atom stereocenters. The molecule has 16 heavy (non-hydrogen) atoms. The summed E-state index contributed by atoms with van der Waals surface area (Å²) in [6, 6.07) is 8.28. The molecule has 0 N–H and O–H groups in total. The first-order valence-corrected chi connectivity index (χ1v) is 6.15. The summed E-state index contributed by atoms with van der Waals surface area (Å²) >= 11 is 1.32. The lowest BCUT2D eigenvalue weighted by molar-refractivity contribution is -0.109. The van der Waals surface area contributed by atoms with Crippen LogP contribution >= 0.6 is 11.8 Å². The van der Waals surface area contributed by atoms with Crippen molar-refractivity contribution in [3.63, 3.8) is 0 Å². The maximum Gasteiger partial charge on any atom is 0.186 e. The van der Waals surface area contributed by atoms with Gasteiger partial charge in [-0.15, -0.1) is 0 Å². The minimum absolute atomic E-state index is 0.159. The lowest BCUT2D eigenvalue weighted by Gasteiger charge is -2.12. The van der Waals surface area contributed by atoms with Crippen molar-refractivity contribution in [3.8, 4) is 0 Å². The molecule has 0 aliphatic carbocycles. The number of rotatable bonds is 4. The van der Waals surface area contributed by atoms with Crippen LogP contribution in [-0.4, -0.2) is 25.0 Å². The Morgan fingerprint density at radius 3 is 2.81 bits per heavy atom. The lowest BCUT2D eigenvalue weighted by Crippen LogP contribution is -2.08. The van der Waals surface area contributed by atoms with Crippen LogP contribution in [0.4, 0.5) is 5.69 Å². The van der Waals surface area contributed by atoms with E-state index in [1.54, 1.807) is 6.92 Å².